The van der Waals surface area contributed by atoms with Gasteiger partial charge in [-0.25, -0.2) is 4.79 Å². The zero-order chi connectivity index (χ0) is 18.2. The normalized spacial score (nSPS) is 11.4. The molecular weight excluding hydrogens is 322 g/mol. The molecule has 0 N–H and O–H groups in total. The molecule has 0 heterocycles. The number of carbonyl (C=O) groups is 1. The van der Waals surface area contributed by atoms with Gasteiger partial charge in [0.25, 0.3) is 0 Å². The van der Waals surface area contributed by atoms with Crippen LogP contribution >= 0.6 is 0 Å². The van der Waals surface area contributed by atoms with E-state index in [1.807, 2.05) is 91.0 Å². The largest absolute Gasteiger partial charge is 0.467 e. The second-order valence-electron chi connectivity index (χ2n) is 5.94. The van der Waals surface area contributed by atoms with Crippen LogP contribution in [0.4, 0.5) is 0 Å². The van der Waals surface area contributed by atoms with Gasteiger partial charge in [-0.1, -0.05) is 91.0 Å². The lowest BCUT2D eigenvalue weighted by atomic mass is 10.0. The van der Waals surface area contributed by atoms with Crippen LogP contribution in [-0.4, -0.2) is 24.8 Å². The van der Waals surface area contributed by atoms with Crippen LogP contribution in [0, 0.1) is 0 Å². The van der Waals surface area contributed by atoms with Gasteiger partial charge in [-0.15, -0.1) is 0 Å². The summed E-state index contributed by atoms with van der Waals surface area (Å²) in [5, 5.41) is 0. The molecule has 0 aliphatic carbocycles. The topological polar surface area (TPSA) is 38.7 Å². The van der Waals surface area contributed by atoms with E-state index in [2.05, 4.69) is 0 Å². The van der Waals surface area contributed by atoms with Crippen LogP contribution in [0.25, 0.3) is 0 Å². The highest BCUT2D eigenvalue weighted by atomic mass is 16.5. The fourth-order valence-corrected chi connectivity index (χ4v) is 2.82. The molecule has 3 aromatic rings. The Morgan fingerprint density at radius 1 is 0.808 bits per heavy atom. The van der Waals surface area contributed by atoms with Crippen molar-refractivity contribution in [2.24, 2.45) is 4.99 Å². The zero-order valence-electron chi connectivity index (χ0n) is 14.7. The first-order valence-electron chi connectivity index (χ1n) is 8.58. The number of carbonyl (C=O) groups excluding carboxylic acids is 1. The molecule has 3 heteroatoms. The first-order valence-corrected chi connectivity index (χ1v) is 8.58. The molecule has 0 spiro atoms. The van der Waals surface area contributed by atoms with E-state index in [0.717, 1.165) is 22.4 Å². The van der Waals surface area contributed by atoms with Crippen molar-refractivity contribution in [2.75, 3.05) is 7.11 Å². The number of methoxy groups -OCH3 is 1. The summed E-state index contributed by atoms with van der Waals surface area (Å²) in [6.07, 6.45) is 0.497. The maximum Gasteiger partial charge on any atom is 0.330 e. The number of nitrogens with zero attached hydrogens (tertiary/aromatic N) is 1. The second-order valence-corrected chi connectivity index (χ2v) is 5.94. The lowest BCUT2D eigenvalue weighted by Gasteiger charge is -2.14. The van der Waals surface area contributed by atoms with Crippen LogP contribution in [0.5, 0.6) is 0 Å². The highest BCUT2D eigenvalue weighted by Gasteiger charge is 2.20. The number of ether oxygens (including phenoxy) is 1. The molecule has 1 unspecified atom stereocenters. The molecule has 0 radical (unpaired) electrons. The first-order chi connectivity index (χ1) is 12.8. The van der Waals surface area contributed by atoms with Crippen LogP contribution < -0.4 is 0 Å². The van der Waals surface area contributed by atoms with Crippen molar-refractivity contribution >= 4 is 11.7 Å². The Morgan fingerprint density at radius 2 is 1.27 bits per heavy atom. The fraction of sp³-hybridized carbons (Fsp3) is 0.130. The third-order valence-electron chi connectivity index (χ3n) is 4.12. The Kier molecular flexibility index (Phi) is 5.94. The van der Waals surface area contributed by atoms with Crippen molar-refractivity contribution in [2.45, 2.75) is 12.5 Å². The Balaban J connectivity index is 2.03. The summed E-state index contributed by atoms with van der Waals surface area (Å²) in [5.41, 5.74) is 3.78. The molecule has 130 valence electrons. The number of esters is 1. The Labute approximate surface area is 154 Å². The highest BCUT2D eigenvalue weighted by molar-refractivity contribution is 6.13. The van der Waals surface area contributed by atoms with Crippen molar-refractivity contribution in [1.29, 1.82) is 0 Å². The molecule has 0 amide bonds. The number of rotatable bonds is 6. The van der Waals surface area contributed by atoms with Crippen molar-refractivity contribution in [3.05, 3.63) is 108 Å². The minimum Gasteiger partial charge on any atom is -0.467 e. The molecule has 0 aliphatic heterocycles. The molecule has 0 bridgehead atoms. The molecule has 3 aromatic carbocycles. The van der Waals surface area contributed by atoms with Crippen molar-refractivity contribution < 1.29 is 9.53 Å². The molecule has 0 saturated heterocycles. The molecular formula is C23H21NO2. The lowest BCUT2D eigenvalue weighted by molar-refractivity contribution is -0.142. The fourth-order valence-electron chi connectivity index (χ4n) is 2.82. The lowest BCUT2D eigenvalue weighted by Crippen LogP contribution is -2.25. The zero-order valence-corrected chi connectivity index (χ0v) is 14.7. The molecule has 0 aromatic heterocycles. The van der Waals surface area contributed by atoms with Gasteiger partial charge in [0.1, 0.15) is 0 Å². The number of hydrogen-bond acceptors (Lipinski definition) is 3. The van der Waals surface area contributed by atoms with Crippen molar-refractivity contribution in [3.63, 3.8) is 0 Å². The summed E-state index contributed by atoms with van der Waals surface area (Å²) >= 11 is 0. The Bertz CT molecular complexity index is 817. The standard InChI is InChI=1S/C23H21NO2/c1-26-23(25)21(17-18-11-5-2-6-12-18)24-22(19-13-7-3-8-14-19)20-15-9-4-10-16-20/h2-16,21H,17H2,1H3. The quantitative estimate of drug-likeness (QED) is 0.494. The minimum atomic E-state index is -0.599. The monoisotopic (exact) mass is 343 g/mol. The van der Waals surface area contributed by atoms with Crippen molar-refractivity contribution in [1.82, 2.24) is 0 Å². The van der Waals surface area contributed by atoms with E-state index >= 15 is 0 Å². The van der Waals surface area contributed by atoms with Crippen LogP contribution in [0.1, 0.15) is 16.7 Å². The van der Waals surface area contributed by atoms with Gasteiger partial charge in [0.2, 0.25) is 0 Å². The number of benzene rings is 3. The average Bonchev–Trinajstić information content (AvgIpc) is 2.72. The van der Waals surface area contributed by atoms with Crippen molar-refractivity contribution in [3.8, 4) is 0 Å². The van der Waals surface area contributed by atoms with Crippen LogP contribution in [-0.2, 0) is 16.0 Å². The summed E-state index contributed by atoms with van der Waals surface area (Å²) < 4.78 is 5.01. The molecule has 1 atom stereocenters. The van der Waals surface area contributed by atoms with Gasteiger partial charge < -0.3 is 4.74 Å². The molecule has 3 nitrogen and oxygen atoms in total. The summed E-state index contributed by atoms with van der Waals surface area (Å²) in [6.45, 7) is 0. The number of hydrogen-bond donors (Lipinski definition) is 0. The molecule has 0 aliphatic rings. The molecule has 0 saturated carbocycles. The van der Waals surface area contributed by atoms with Gasteiger partial charge in [-0.05, 0) is 5.56 Å². The molecule has 0 fully saturated rings. The minimum absolute atomic E-state index is 0.335. The van der Waals surface area contributed by atoms with E-state index in [0.29, 0.717) is 6.42 Å². The summed E-state index contributed by atoms with van der Waals surface area (Å²) in [4.78, 5) is 17.2. The first kappa shape index (κ1) is 17.6. The Morgan fingerprint density at radius 3 is 1.73 bits per heavy atom. The Hall–Kier alpha value is -3.20. The smallest absolute Gasteiger partial charge is 0.330 e. The maximum absolute atomic E-state index is 12.4. The van der Waals surface area contributed by atoms with E-state index in [1.165, 1.54) is 7.11 Å². The molecule has 3 rings (SSSR count). The maximum atomic E-state index is 12.4. The van der Waals surface area contributed by atoms with E-state index < -0.39 is 6.04 Å². The van der Waals surface area contributed by atoms with Crippen LogP contribution in [0.15, 0.2) is 96.0 Å². The SMILES string of the molecule is COC(=O)C(Cc1ccccc1)N=C(c1ccccc1)c1ccccc1. The summed E-state index contributed by atoms with van der Waals surface area (Å²) in [7, 11) is 1.40. The van der Waals surface area contributed by atoms with E-state index in [1.54, 1.807) is 0 Å². The summed E-state index contributed by atoms with van der Waals surface area (Å²) in [5.74, 6) is -0.335. The van der Waals surface area contributed by atoms with E-state index in [9.17, 15) is 4.79 Å². The second kappa shape index (κ2) is 8.77. The van der Waals surface area contributed by atoms with Gasteiger partial charge in [-0.2, -0.15) is 0 Å². The summed E-state index contributed by atoms with van der Waals surface area (Å²) in [6, 6.07) is 29.1. The van der Waals surface area contributed by atoms with Gasteiger partial charge in [0, 0.05) is 17.5 Å². The van der Waals surface area contributed by atoms with Gasteiger partial charge in [0.05, 0.1) is 12.8 Å². The van der Waals surface area contributed by atoms with Gasteiger partial charge >= 0.3 is 5.97 Å². The number of aliphatic imine (C=N–C) groups is 1. The highest BCUT2D eigenvalue weighted by Crippen LogP contribution is 2.15. The van der Waals surface area contributed by atoms with Crippen LogP contribution in [0.2, 0.25) is 0 Å². The average molecular weight is 343 g/mol. The predicted molar refractivity (Wildman–Crippen MR) is 104 cm³/mol. The van der Waals surface area contributed by atoms with E-state index in [4.69, 9.17) is 9.73 Å². The predicted octanol–water partition coefficient (Wildman–Crippen LogP) is 4.31. The third kappa shape index (κ3) is 4.45. The van der Waals surface area contributed by atoms with E-state index in [-0.39, 0.29) is 5.97 Å². The van der Waals surface area contributed by atoms with Gasteiger partial charge in [0.15, 0.2) is 6.04 Å². The molecule has 26 heavy (non-hydrogen) atoms. The van der Waals surface area contributed by atoms with Crippen LogP contribution in [0.3, 0.4) is 0 Å². The van der Waals surface area contributed by atoms with Gasteiger partial charge in [-0.3, -0.25) is 4.99 Å². The third-order valence-corrected chi connectivity index (χ3v) is 4.12.